The number of nitrogens with zero attached hydrogens (tertiary/aromatic N) is 2. The number of nitrogens with one attached hydrogen (secondary N) is 2. The topological polar surface area (TPSA) is 122 Å². The molecule has 0 aliphatic carbocycles. The Bertz CT molecular complexity index is 1500. The van der Waals surface area contributed by atoms with Gasteiger partial charge in [-0.25, -0.2) is 8.42 Å². The Balaban J connectivity index is 1.96. The number of hydrogen-bond donors (Lipinski definition) is 2. The minimum atomic E-state index is -4.05. The van der Waals surface area contributed by atoms with Gasteiger partial charge in [0.2, 0.25) is 17.6 Å². The smallest absolute Gasteiger partial charge is 0.263 e. The molecule has 2 aromatic carbocycles. The first-order valence-electron chi connectivity index (χ1n) is 14.7. The molecule has 3 aromatic rings. The Morgan fingerprint density at radius 1 is 1.02 bits per heavy atom. The first-order chi connectivity index (χ1) is 20.3. The number of benzene rings is 2. The average molecular weight is 631 g/mol. The van der Waals surface area contributed by atoms with Gasteiger partial charge in [-0.15, -0.1) is 0 Å². The number of sulfonamides is 1. The summed E-state index contributed by atoms with van der Waals surface area (Å²) in [6.45, 7) is 13.6. The van der Waals surface area contributed by atoms with E-state index in [1.807, 2.05) is 58.9 Å². The average Bonchev–Trinajstić information content (AvgIpc) is 3.26. The van der Waals surface area contributed by atoms with Crippen molar-refractivity contribution in [2.24, 2.45) is 11.8 Å². The lowest BCUT2D eigenvalue weighted by Gasteiger charge is -2.36. The standard InChI is InChI=1S/C32H43ClN4O5S/c1-8-12-24(9-2)32(39)37(29(20(3)4)31(38)34-21(5)6)19-23-15-17-25(18-16-23)26-13-10-11-14-27(26)43(40,41)36-30-28(33)22(7)42-35-30/h10-11,13-18,20-21,24,29H,8-9,12,19H2,1-7H3,(H,34,38)(H,35,36)/t24?,29-/m0/s1. The fourth-order valence-electron chi connectivity index (χ4n) is 5.11. The van der Waals surface area contributed by atoms with Gasteiger partial charge in [0.15, 0.2) is 5.76 Å². The molecular formula is C32H43ClN4O5S. The molecule has 11 heteroatoms. The monoisotopic (exact) mass is 630 g/mol. The van der Waals surface area contributed by atoms with E-state index in [9.17, 15) is 18.0 Å². The van der Waals surface area contributed by atoms with Gasteiger partial charge in [0.1, 0.15) is 11.1 Å². The van der Waals surface area contributed by atoms with Gasteiger partial charge in [-0.1, -0.05) is 93.3 Å². The SMILES string of the molecule is CCCC(CC)C(=O)N(Cc1ccc(-c2ccccc2S(=O)(=O)Nc2noc(C)c2Cl)cc1)[C@H](C(=O)NC(C)C)C(C)C. The second kappa shape index (κ2) is 14.9. The molecular weight excluding hydrogens is 588 g/mol. The number of halogens is 1. The Kier molecular flexibility index (Phi) is 11.8. The van der Waals surface area contributed by atoms with Gasteiger partial charge in [-0.2, -0.15) is 0 Å². The Morgan fingerprint density at radius 3 is 2.21 bits per heavy atom. The van der Waals surface area contributed by atoms with Crippen LogP contribution in [0.5, 0.6) is 0 Å². The van der Waals surface area contributed by atoms with E-state index >= 15 is 0 Å². The van der Waals surface area contributed by atoms with E-state index in [0.29, 0.717) is 23.3 Å². The number of carbonyl (C=O) groups excluding carboxylic acids is 2. The maximum Gasteiger partial charge on any atom is 0.263 e. The molecule has 43 heavy (non-hydrogen) atoms. The number of aryl methyl sites for hydroxylation is 1. The van der Waals surface area contributed by atoms with Crippen LogP contribution >= 0.6 is 11.6 Å². The number of rotatable bonds is 14. The van der Waals surface area contributed by atoms with Crippen LogP contribution in [0.15, 0.2) is 57.9 Å². The molecule has 3 rings (SSSR count). The highest BCUT2D eigenvalue weighted by Crippen LogP contribution is 2.32. The summed E-state index contributed by atoms with van der Waals surface area (Å²) in [4.78, 5) is 29.0. The van der Waals surface area contributed by atoms with E-state index in [-0.39, 0.29) is 52.0 Å². The fraction of sp³-hybridized carbons (Fsp3) is 0.469. The molecule has 1 heterocycles. The molecule has 234 valence electrons. The highest BCUT2D eigenvalue weighted by Gasteiger charge is 2.35. The predicted octanol–water partition coefficient (Wildman–Crippen LogP) is 6.81. The van der Waals surface area contributed by atoms with Crippen molar-refractivity contribution in [2.75, 3.05) is 4.72 Å². The van der Waals surface area contributed by atoms with Crippen LogP contribution < -0.4 is 10.0 Å². The zero-order chi connectivity index (χ0) is 31.9. The van der Waals surface area contributed by atoms with Crippen LogP contribution in [0.3, 0.4) is 0 Å². The molecule has 0 bridgehead atoms. The van der Waals surface area contributed by atoms with Crippen LogP contribution in [0.4, 0.5) is 5.82 Å². The Hall–Kier alpha value is -3.37. The van der Waals surface area contributed by atoms with Crippen LogP contribution in [0.2, 0.25) is 5.02 Å². The van der Waals surface area contributed by atoms with Crippen molar-refractivity contribution in [3.05, 3.63) is 64.9 Å². The van der Waals surface area contributed by atoms with Crippen molar-refractivity contribution in [3.63, 3.8) is 0 Å². The summed E-state index contributed by atoms with van der Waals surface area (Å²) in [6.07, 6.45) is 2.31. The summed E-state index contributed by atoms with van der Waals surface area (Å²) < 4.78 is 34.1. The lowest BCUT2D eigenvalue weighted by atomic mass is 9.94. The quantitative estimate of drug-likeness (QED) is 0.202. The highest BCUT2D eigenvalue weighted by atomic mass is 35.5. The number of aromatic nitrogens is 1. The fourth-order valence-corrected chi connectivity index (χ4v) is 6.51. The molecule has 2 N–H and O–H groups in total. The lowest BCUT2D eigenvalue weighted by Crippen LogP contribution is -2.54. The van der Waals surface area contributed by atoms with Gasteiger partial charge < -0.3 is 14.7 Å². The summed E-state index contributed by atoms with van der Waals surface area (Å²) in [5, 5.41) is 6.79. The van der Waals surface area contributed by atoms with Crippen molar-refractivity contribution < 1.29 is 22.5 Å². The molecule has 0 aliphatic heterocycles. The summed E-state index contributed by atoms with van der Waals surface area (Å²) in [6, 6.07) is 13.3. The van der Waals surface area contributed by atoms with E-state index in [0.717, 1.165) is 18.4 Å². The van der Waals surface area contributed by atoms with Crippen molar-refractivity contribution in [3.8, 4) is 11.1 Å². The number of carbonyl (C=O) groups is 2. The third-order valence-corrected chi connectivity index (χ3v) is 9.09. The van der Waals surface area contributed by atoms with Gasteiger partial charge >= 0.3 is 0 Å². The van der Waals surface area contributed by atoms with Crippen LogP contribution in [-0.4, -0.2) is 42.4 Å². The number of amides is 2. The number of hydrogen-bond acceptors (Lipinski definition) is 6. The van der Waals surface area contributed by atoms with Crippen LogP contribution in [0.1, 0.15) is 72.1 Å². The molecule has 2 amide bonds. The third kappa shape index (κ3) is 8.38. The molecule has 0 aliphatic rings. The molecule has 0 saturated carbocycles. The Labute approximate surface area is 260 Å². The van der Waals surface area contributed by atoms with E-state index in [1.54, 1.807) is 30.0 Å². The van der Waals surface area contributed by atoms with Crippen LogP contribution in [0, 0.1) is 18.8 Å². The molecule has 1 unspecified atom stereocenters. The summed E-state index contributed by atoms with van der Waals surface area (Å²) in [5.74, 6) is -0.261. The molecule has 0 saturated heterocycles. The van der Waals surface area contributed by atoms with Gasteiger partial charge in [0.25, 0.3) is 10.0 Å². The summed E-state index contributed by atoms with van der Waals surface area (Å²) in [5.41, 5.74) is 1.98. The van der Waals surface area contributed by atoms with Crippen LogP contribution in [0.25, 0.3) is 11.1 Å². The molecule has 2 atom stereocenters. The normalized spacial score (nSPS) is 13.2. The van der Waals surface area contributed by atoms with Gasteiger partial charge in [0, 0.05) is 24.1 Å². The van der Waals surface area contributed by atoms with Gasteiger partial charge in [-0.3, -0.25) is 14.3 Å². The minimum Gasteiger partial charge on any atom is -0.358 e. The van der Waals surface area contributed by atoms with Crippen LogP contribution in [-0.2, 0) is 26.2 Å². The number of anilines is 1. The zero-order valence-corrected chi connectivity index (χ0v) is 27.6. The second-order valence-corrected chi connectivity index (χ2v) is 13.4. The summed E-state index contributed by atoms with van der Waals surface area (Å²) in [7, 11) is -4.05. The predicted molar refractivity (Wildman–Crippen MR) is 170 cm³/mol. The third-order valence-electron chi connectivity index (χ3n) is 7.25. The van der Waals surface area contributed by atoms with Crippen molar-refractivity contribution >= 4 is 39.3 Å². The second-order valence-electron chi connectivity index (χ2n) is 11.4. The molecule has 9 nitrogen and oxygen atoms in total. The maximum absolute atomic E-state index is 13.9. The van der Waals surface area contributed by atoms with E-state index < -0.39 is 16.1 Å². The molecule has 0 spiro atoms. The molecule has 1 aromatic heterocycles. The highest BCUT2D eigenvalue weighted by molar-refractivity contribution is 7.92. The van der Waals surface area contributed by atoms with Crippen molar-refractivity contribution in [2.45, 2.75) is 91.3 Å². The molecule has 0 radical (unpaired) electrons. The first kappa shape index (κ1) is 34.1. The molecule has 0 fully saturated rings. The van der Waals surface area contributed by atoms with E-state index in [1.165, 1.54) is 6.07 Å². The van der Waals surface area contributed by atoms with Gasteiger partial charge in [-0.05, 0) is 56.7 Å². The van der Waals surface area contributed by atoms with E-state index in [4.69, 9.17) is 16.1 Å². The largest absolute Gasteiger partial charge is 0.358 e. The Morgan fingerprint density at radius 2 is 1.67 bits per heavy atom. The van der Waals surface area contributed by atoms with Crippen molar-refractivity contribution in [1.29, 1.82) is 0 Å². The van der Waals surface area contributed by atoms with Crippen molar-refractivity contribution in [1.82, 2.24) is 15.4 Å². The zero-order valence-electron chi connectivity index (χ0n) is 26.0. The van der Waals surface area contributed by atoms with E-state index in [2.05, 4.69) is 22.1 Å². The first-order valence-corrected chi connectivity index (χ1v) is 16.6. The lowest BCUT2D eigenvalue weighted by molar-refractivity contribution is -0.146. The maximum atomic E-state index is 13.9. The van der Waals surface area contributed by atoms with Gasteiger partial charge in [0.05, 0.1) is 4.90 Å². The minimum absolute atomic E-state index is 0.0321. The summed E-state index contributed by atoms with van der Waals surface area (Å²) >= 11 is 6.14.